The van der Waals surface area contributed by atoms with Gasteiger partial charge in [-0.2, -0.15) is 5.10 Å². The highest BCUT2D eigenvalue weighted by Gasteiger charge is 2.33. The van der Waals surface area contributed by atoms with E-state index in [1.54, 1.807) is 30.1 Å². The Bertz CT molecular complexity index is 1420. The van der Waals surface area contributed by atoms with Crippen LogP contribution in [-0.2, 0) is 0 Å². The fourth-order valence-corrected chi connectivity index (χ4v) is 5.43. The second-order valence-electron chi connectivity index (χ2n) is 8.70. The van der Waals surface area contributed by atoms with Crippen molar-refractivity contribution in [1.29, 1.82) is 0 Å². The van der Waals surface area contributed by atoms with Crippen LogP contribution in [0.4, 0.5) is 24.5 Å². The van der Waals surface area contributed by atoms with Crippen LogP contribution in [0.15, 0.2) is 86.9 Å². The minimum atomic E-state index is -4.75. The molecule has 1 aliphatic heterocycles. The number of halogens is 4. The van der Waals surface area contributed by atoms with Crippen molar-refractivity contribution in [2.45, 2.75) is 32.7 Å². The predicted molar refractivity (Wildman–Crippen MR) is 159 cm³/mol. The van der Waals surface area contributed by atoms with Crippen molar-refractivity contribution in [2.75, 3.05) is 10.7 Å². The molecule has 1 saturated heterocycles. The summed E-state index contributed by atoms with van der Waals surface area (Å²) in [6.07, 6.45) is -0.896. The molecule has 1 aliphatic rings. The first kappa shape index (κ1) is 29.2. The first-order chi connectivity index (χ1) is 19.1. The molecule has 208 valence electrons. The van der Waals surface area contributed by atoms with Crippen LogP contribution in [0.2, 0.25) is 5.02 Å². The Labute approximate surface area is 239 Å². The largest absolute Gasteiger partial charge is 0.573 e. The summed E-state index contributed by atoms with van der Waals surface area (Å²) in [5.41, 5.74) is 9.98. The summed E-state index contributed by atoms with van der Waals surface area (Å²) in [5.74, 6) is 0.803. The summed E-state index contributed by atoms with van der Waals surface area (Å²) < 4.78 is 40.6. The number of anilines is 1. The van der Waals surface area contributed by atoms with E-state index in [0.29, 0.717) is 16.3 Å². The molecule has 1 fully saturated rings. The number of amidine groups is 2. The van der Waals surface area contributed by atoms with E-state index in [0.717, 1.165) is 34.2 Å². The Morgan fingerprint density at radius 1 is 1.12 bits per heavy atom. The number of thioether (sulfide) groups is 1. The maximum Gasteiger partial charge on any atom is 0.573 e. The van der Waals surface area contributed by atoms with Gasteiger partial charge in [-0.3, -0.25) is 0 Å². The number of ether oxygens (including phenoxy) is 1. The molecule has 0 saturated carbocycles. The number of benzene rings is 3. The van der Waals surface area contributed by atoms with Crippen LogP contribution < -0.4 is 15.4 Å². The van der Waals surface area contributed by atoms with E-state index < -0.39 is 6.36 Å². The molecule has 40 heavy (non-hydrogen) atoms. The van der Waals surface area contributed by atoms with Crippen LogP contribution in [0.3, 0.4) is 0 Å². The fourth-order valence-electron chi connectivity index (χ4n) is 3.91. The van der Waals surface area contributed by atoms with Crippen molar-refractivity contribution < 1.29 is 17.9 Å². The van der Waals surface area contributed by atoms with Crippen molar-refractivity contribution in [2.24, 2.45) is 25.9 Å². The van der Waals surface area contributed by atoms with E-state index in [1.807, 2.05) is 37.3 Å². The van der Waals surface area contributed by atoms with Crippen LogP contribution in [0.5, 0.6) is 5.75 Å². The average Bonchev–Trinajstić information content (AvgIpc) is 3.31. The molecule has 7 nitrogen and oxygen atoms in total. The molecule has 1 atom stereocenters. The molecule has 0 aromatic heterocycles. The zero-order chi connectivity index (χ0) is 28.7. The zero-order valence-corrected chi connectivity index (χ0v) is 23.2. The van der Waals surface area contributed by atoms with Crippen LogP contribution in [0.1, 0.15) is 30.0 Å². The molecule has 1 heterocycles. The van der Waals surface area contributed by atoms with Gasteiger partial charge in [0.2, 0.25) is 0 Å². The van der Waals surface area contributed by atoms with Gasteiger partial charge in [-0.25, -0.2) is 9.98 Å². The van der Waals surface area contributed by atoms with Crippen LogP contribution in [0, 0.1) is 6.92 Å². The van der Waals surface area contributed by atoms with Gasteiger partial charge in [0.1, 0.15) is 17.9 Å². The highest BCUT2D eigenvalue weighted by molar-refractivity contribution is 8.14. The molecule has 12 heteroatoms. The number of nitrogens with zero attached hydrogens (tertiary/aromatic N) is 5. The van der Waals surface area contributed by atoms with Gasteiger partial charge in [0, 0.05) is 17.4 Å². The van der Waals surface area contributed by atoms with Crippen molar-refractivity contribution >= 4 is 58.3 Å². The second kappa shape index (κ2) is 13.0. The molecular formula is C28H26ClF3N6OS. The van der Waals surface area contributed by atoms with Gasteiger partial charge >= 0.3 is 6.36 Å². The van der Waals surface area contributed by atoms with Crippen molar-refractivity contribution in [3.8, 4) is 5.75 Å². The second-order valence-corrected chi connectivity index (χ2v) is 10.1. The Morgan fingerprint density at radius 2 is 1.85 bits per heavy atom. The quantitative estimate of drug-likeness (QED) is 0.170. The summed E-state index contributed by atoms with van der Waals surface area (Å²) in [7, 11) is 0. The van der Waals surface area contributed by atoms with E-state index in [1.165, 1.54) is 30.6 Å². The van der Waals surface area contributed by atoms with Gasteiger partial charge in [-0.1, -0.05) is 66.7 Å². The predicted octanol–water partition coefficient (Wildman–Crippen LogP) is 7.33. The summed E-state index contributed by atoms with van der Waals surface area (Å²) >= 11 is 8.20. The van der Waals surface area contributed by atoms with E-state index >= 15 is 0 Å². The molecule has 2 N–H and O–H groups in total. The molecular weight excluding hydrogens is 561 g/mol. The lowest BCUT2D eigenvalue weighted by atomic mass is 10.1. The third-order valence-corrected chi connectivity index (χ3v) is 7.30. The molecule has 0 spiro atoms. The van der Waals surface area contributed by atoms with Gasteiger partial charge in [0.25, 0.3) is 0 Å². The van der Waals surface area contributed by atoms with E-state index in [-0.39, 0.29) is 17.6 Å². The minimum absolute atomic E-state index is 0.225. The topological polar surface area (TPSA) is 87.9 Å². The minimum Gasteiger partial charge on any atom is -0.406 e. The van der Waals surface area contributed by atoms with Crippen molar-refractivity contribution in [1.82, 2.24) is 0 Å². The molecule has 1 unspecified atom stereocenters. The maximum absolute atomic E-state index is 12.3. The third-order valence-electron chi connectivity index (χ3n) is 5.91. The average molecular weight is 587 g/mol. The third kappa shape index (κ3) is 7.64. The number of nitrogens with two attached hydrogens (primary N) is 1. The number of hydrogen-bond donors (Lipinski definition) is 1. The Balaban J connectivity index is 1.40. The molecule has 0 aliphatic carbocycles. The fraction of sp³-hybridized carbons (Fsp3) is 0.214. The number of rotatable bonds is 8. The van der Waals surface area contributed by atoms with Gasteiger partial charge in [-0.15, -0.1) is 18.3 Å². The Kier molecular flexibility index (Phi) is 9.49. The van der Waals surface area contributed by atoms with E-state index in [2.05, 4.69) is 36.7 Å². The van der Waals surface area contributed by atoms with Crippen molar-refractivity contribution in [3.05, 3.63) is 88.4 Å². The van der Waals surface area contributed by atoms with Crippen LogP contribution in [-0.4, -0.2) is 41.7 Å². The lowest BCUT2D eigenvalue weighted by Gasteiger charge is -2.27. The van der Waals surface area contributed by atoms with E-state index in [4.69, 9.17) is 17.3 Å². The maximum atomic E-state index is 12.3. The number of aryl methyl sites for hydroxylation is 1. The lowest BCUT2D eigenvalue weighted by molar-refractivity contribution is -0.274. The molecule has 3 aromatic carbocycles. The van der Waals surface area contributed by atoms with Crippen LogP contribution in [0.25, 0.3) is 0 Å². The Morgan fingerprint density at radius 3 is 2.50 bits per heavy atom. The smallest absolute Gasteiger partial charge is 0.406 e. The molecule has 3 aromatic rings. The van der Waals surface area contributed by atoms with Gasteiger partial charge in [0.05, 0.1) is 22.6 Å². The highest BCUT2D eigenvalue weighted by atomic mass is 35.5. The van der Waals surface area contributed by atoms with Gasteiger partial charge in [0.15, 0.2) is 5.17 Å². The number of hydrogen-bond acceptors (Lipinski definition) is 5. The summed E-state index contributed by atoms with van der Waals surface area (Å²) in [5, 5.41) is 10.3. The number of aliphatic imine (C=N–C) groups is 2. The SMILES string of the molecule is CCC1CS/C(=N\N=C\c2ccc(C(N)=NC=Nc3ccc(OC(F)(F)F)cc3)cc2)N1c1c(C)cccc1Cl. The monoisotopic (exact) mass is 586 g/mol. The molecule has 0 radical (unpaired) electrons. The summed E-state index contributed by atoms with van der Waals surface area (Å²) in [6, 6.07) is 18.5. The Hall–Kier alpha value is -3.83. The lowest BCUT2D eigenvalue weighted by Crippen LogP contribution is -2.34. The summed E-state index contributed by atoms with van der Waals surface area (Å²) in [4.78, 5) is 10.3. The normalized spacial score (nSPS) is 17.4. The first-order valence-corrected chi connectivity index (χ1v) is 13.6. The standard InChI is InChI=1S/C28H26ClF3N6OS/c1-3-22-16-40-27(38(22)25-18(2)5-4-6-24(25)29)37-36-15-19-7-9-20(10-8-19)26(33)35-17-34-21-11-13-23(14-12-21)39-28(30,31)32/h4-15,17,22H,3,16H2,1-2H3,(H2,33,34,35)/b36-15+,37-27-. The van der Waals surface area contributed by atoms with E-state index in [9.17, 15) is 13.2 Å². The summed E-state index contributed by atoms with van der Waals surface area (Å²) in [6.45, 7) is 4.18. The van der Waals surface area contributed by atoms with Crippen molar-refractivity contribution in [3.63, 3.8) is 0 Å². The number of para-hydroxylation sites is 1. The molecule has 4 rings (SSSR count). The van der Waals surface area contributed by atoms with Gasteiger partial charge in [-0.05, 0) is 54.8 Å². The van der Waals surface area contributed by atoms with Crippen LogP contribution >= 0.6 is 23.4 Å². The van der Waals surface area contributed by atoms with Gasteiger partial charge < -0.3 is 15.4 Å². The molecule has 0 amide bonds. The highest BCUT2D eigenvalue weighted by Crippen LogP contribution is 2.38. The zero-order valence-electron chi connectivity index (χ0n) is 21.6. The molecule has 0 bridgehead atoms. The first-order valence-electron chi connectivity index (χ1n) is 12.2. The number of alkyl halides is 3.